The summed E-state index contributed by atoms with van der Waals surface area (Å²) in [4.78, 5) is 13.9. The van der Waals surface area contributed by atoms with Crippen LogP contribution in [0.1, 0.15) is 17.4 Å². The van der Waals surface area contributed by atoms with Gasteiger partial charge in [0.05, 0.1) is 11.9 Å². The quantitative estimate of drug-likeness (QED) is 0.720. The summed E-state index contributed by atoms with van der Waals surface area (Å²) in [5.41, 5.74) is 6.47. The van der Waals surface area contributed by atoms with E-state index in [9.17, 15) is 4.79 Å². The zero-order chi connectivity index (χ0) is 12.1. The number of likely N-dealkylation sites (N-methyl/N-ethyl adjacent to an activating group) is 1. The maximum atomic E-state index is 11.7. The number of anilines is 1. The fourth-order valence-electron chi connectivity index (χ4n) is 1.33. The number of nitrogens with one attached hydrogen (secondary N) is 1. The van der Waals surface area contributed by atoms with E-state index in [-0.39, 0.29) is 5.91 Å². The molecule has 90 valence electrons. The lowest BCUT2D eigenvalue weighted by Crippen LogP contribution is -2.34. The van der Waals surface area contributed by atoms with Gasteiger partial charge in [-0.15, -0.1) is 0 Å². The molecule has 0 radical (unpaired) electrons. The first-order valence-electron chi connectivity index (χ1n) is 5.30. The van der Waals surface area contributed by atoms with Gasteiger partial charge in [-0.1, -0.05) is 6.92 Å². The molecular weight excluding hydrogens is 206 g/mol. The summed E-state index contributed by atoms with van der Waals surface area (Å²) in [6.07, 6.45) is 1.48. The lowest BCUT2D eigenvalue weighted by molar-refractivity contribution is 0.0941. The average molecular weight is 225 g/mol. The maximum absolute atomic E-state index is 11.7. The smallest absolute Gasteiger partial charge is 0.271 e. The minimum Gasteiger partial charge on any atom is -0.396 e. The molecule has 1 amide bonds. The van der Waals surface area contributed by atoms with E-state index in [0.717, 1.165) is 13.1 Å². The molecule has 0 saturated heterocycles. The fraction of sp³-hybridized carbons (Fsp3) is 0.600. The minimum absolute atomic E-state index is 0.179. The lowest BCUT2D eigenvalue weighted by atomic mass is 10.3. The van der Waals surface area contributed by atoms with E-state index in [4.69, 9.17) is 5.73 Å². The van der Waals surface area contributed by atoms with E-state index < -0.39 is 0 Å². The second-order valence-electron chi connectivity index (χ2n) is 3.72. The molecule has 0 aliphatic carbocycles. The molecule has 1 aromatic rings. The first-order chi connectivity index (χ1) is 7.56. The Morgan fingerprint density at radius 1 is 1.69 bits per heavy atom. The Balaban J connectivity index is 2.47. The van der Waals surface area contributed by atoms with E-state index >= 15 is 0 Å². The van der Waals surface area contributed by atoms with Crippen LogP contribution in [0.25, 0.3) is 0 Å². The van der Waals surface area contributed by atoms with Gasteiger partial charge in [0, 0.05) is 20.1 Å². The molecular formula is C10H19N5O. The zero-order valence-electron chi connectivity index (χ0n) is 10.0. The van der Waals surface area contributed by atoms with E-state index in [1.54, 1.807) is 7.05 Å². The SMILES string of the molecule is CCN(C)CCNC(=O)c1c(N)cnn1C. The Bertz CT molecular complexity index is 341. The Morgan fingerprint density at radius 3 is 2.88 bits per heavy atom. The summed E-state index contributed by atoms with van der Waals surface area (Å²) >= 11 is 0. The van der Waals surface area contributed by atoms with Crippen LogP contribution in [0.15, 0.2) is 6.20 Å². The van der Waals surface area contributed by atoms with Crippen LogP contribution < -0.4 is 11.1 Å². The molecule has 0 bridgehead atoms. The molecule has 6 nitrogen and oxygen atoms in total. The second-order valence-corrected chi connectivity index (χ2v) is 3.72. The van der Waals surface area contributed by atoms with Gasteiger partial charge in [-0.3, -0.25) is 9.48 Å². The number of carbonyl (C=O) groups is 1. The number of nitrogen functional groups attached to an aromatic ring is 1. The molecule has 0 aliphatic heterocycles. The van der Waals surface area contributed by atoms with Crippen molar-refractivity contribution in [3.05, 3.63) is 11.9 Å². The highest BCUT2D eigenvalue weighted by atomic mass is 16.2. The highest BCUT2D eigenvalue weighted by Crippen LogP contribution is 2.08. The molecule has 0 atom stereocenters. The summed E-state index contributed by atoms with van der Waals surface area (Å²) in [5, 5.41) is 6.73. The van der Waals surface area contributed by atoms with Crippen molar-refractivity contribution in [2.24, 2.45) is 7.05 Å². The van der Waals surface area contributed by atoms with Crippen LogP contribution in [0.4, 0.5) is 5.69 Å². The van der Waals surface area contributed by atoms with Crippen LogP contribution in [0.5, 0.6) is 0 Å². The number of carbonyl (C=O) groups excluding carboxylic acids is 1. The minimum atomic E-state index is -0.179. The van der Waals surface area contributed by atoms with Gasteiger partial charge in [-0.05, 0) is 13.6 Å². The fourth-order valence-corrected chi connectivity index (χ4v) is 1.33. The lowest BCUT2D eigenvalue weighted by Gasteiger charge is -2.14. The largest absolute Gasteiger partial charge is 0.396 e. The molecule has 0 saturated carbocycles. The highest BCUT2D eigenvalue weighted by molar-refractivity contribution is 5.97. The molecule has 0 spiro atoms. The van der Waals surface area contributed by atoms with Crippen molar-refractivity contribution < 1.29 is 4.79 Å². The number of hydrogen-bond donors (Lipinski definition) is 2. The molecule has 3 N–H and O–H groups in total. The molecule has 1 rings (SSSR count). The molecule has 1 heterocycles. The average Bonchev–Trinajstić information content (AvgIpc) is 2.58. The molecule has 0 unspecified atom stereocenters. The third-order valence-corrected chi connectivity index (χ3v) is 2.50. The maximum Gasteiger partial charge on any atom is 0.271 e. The first kappa shape index (κ1) is 12.5. The predicted molar refractivity (Wildman–Crippen MR) is 63.1 cm³/mol. The van der Waals surface area contributed by atoms with Gasteiger partial charge in [0.25, 0.3) is 5.91 Å². The standard InChI is InChI=1S/C10H19N5O/c1-4-14(2)6-5-12-10(16)9-8(11)7-13-15(9)3/h7H,4-6,11H2,1-3H3,(H,12,16). The van der Waals surface area contributed by atoms with Crippen molar-refractivity contribution in [3.63, 3.8) is 0 Å². The summed E-state index contributed by atoms with van der Waals surface area (Å²) in [6.45, 7) is 4.46. The zero-order valence-corrected chi connectivity index (χ0v) is 10.0. The molecule has 16 heavy (non-hydrogen) atoms. The summed E-state index contributed by atoms with van der Waals surface area (Å²) in [5.74, 6) is -0.179. The van der Waals surface area contributed by atoms with Crippen LogP contribution in [-0.2, 0) is 7.05 Å². The third-order valence-electron chi connectivity index (χ3n) is 2.50. The number of nitrogens with zero attached hydrogens (tertiary/aromatic N) is 3. The number of amides is 1. The molecule has 0 aromatic carbocycles. The molecule has 6 heteroatoms. The predicted octanol–water partition coefficient (Wildman–Crippen LogP) is -0.316. The van der Waals surface area contributed by atoms with Gasteiger partial charge in [0.1, 0.15) is 5.69 Å². The Hall–Kier alpha value is -1.56. The van der Waals surface area contributed by atoms with Crippen LogP contribution in [0.2, 0.25) is 0 Å². The highest BCUT2D eigenvalue weighted by Gasteiger charge is 2.13. The van der Waals surface area contributed by atoms with E-state index in [1.807, 2.05) is 7.05 Å². The number of aromatic nitrogens is 2. The monoisotopic (exact) mass is 225 g/mol. The van der Waals surface area contributed by atoms with Crippen LogP contribution in [0, 0.1) is 0 Å². The van der Waals surface area contributed by atoms with Gasteiger partial charge in [0.2, 0.25) is 0 Å². The first-order valence-corrected chi connectivity index (χ1v) is 5.30. The normalized spacial score (nSPS) is 10.8. The Kier molecular flexibility index (Phi) is 4.30. The van der Waals surface area contributed by atoms with Gasteiger partial charge >= 0.3 is 0 Å². The number of nitrogens with two attached hydrogens (primary N) is 1. The van der Waals surface area contributed by atoms with Gasteiger partial charge in [-0.25, -0.2) is 0 Å². The Morgan fingerprint density at radius 2 is 2.38 bits per heavy atom. The third kappa shape index (κ3) is 2.96. The van der Waals surface area contributed by atoms with Gasteiger partial charge in [0.15, 0.2) is 0 Å². The van der Waals surface area contributed by atoms with E-state index in [0.29, 0.717) is 17.9 Å². The number of hydrogen-bond acceptors (Lipinski definition) is 4. The van der Waals surface area contributed by atoms with E-state index in [1.165, 1.54) is 10.9 Å². The van der Waals surface area contributed by atoms with Crippen LogP contribution >= 0.6 is 0 Å². The summed E-state index contributed by atoms with van der Waals surface area (Å²) < 4.78 is 1.48. The van der Waals surface area contributed by atoms with Crippen molar-refractivity contribution in [2.75, 3.05) is 32.4 Å². The van der Waals surface area contributed by atoms with Crippen molar-refractivity contribution in [3.8, 4) is 0 Å². The summed E-state index contributed by atoms with van der Waals surface area (Å²) in [7, 11) is 3.70. The second kappa shape index (κ2) is 5.50. The summed E-state index contributed by atoms with van der Waals surface area (Å²) in [6, 6.07) is 0. The van der Waals surface area contributed by atoms with Crippen molar-refractivity contribution >= 4 is 11.6 Å². The van der Waals surface area contributed by atoms with E-state index in [2.05, 4.69) is 22.2 Å². The molecule has 0 fully saturated rings. The number of aryl methyl sites for hydroxylation is 1. The van der Waals surface area contributed by atoms with Crippen molar-refractivity contribution in [1.29, 1.82) is 0 Å². The molecule has 1 aromatic heterocycles. The van der Waals surface area contributed by atoms with Gasteiger partial charge < -0.3 is 16.0 Å². The van der Waals surface area contributed by atoms with Crippen LogP contribution in [0.3, 0.4) is 0 Å². The Labute approximate surface area is 95.4 Å². The number of rotatable bonds is 5. The van der Waals surface area contributed by atoms with Crippen molar-refractivity contribution in [1.82, 2.24) is 20.0 Å². The van der Waals surface area contributed by atoms with Crippen molar-refractivity contribution in [2.45, 2.75) is 6.92 Å². The molecule has 0 aliphatic rings. The van der Waals surface area contributed by atoms with Gasteiger partial charge in [-0.2, -0.15) is 5.10 Å². The topological polar surface area (TPSA) is 76.2 Å². The van der Waals surface area contributed by atoms with Crippen LogP contribution in [-0.4, -0.2) is 47.3 Å².